The predicted octanol–water partition coefficient (Wildman–Crippen LogP) is 2.15. The molecule has 0 spiro atoms. The highest BCUT2D eigenvalue weighted by molar-refractivity contribution is 5.52. The second-order valence-electron chi connectivity index (χ2n) is 4.11. The molecule has 88 valence electrons. The Morgan fingerprint density at radius 3 is 3.00 bits per heavy atom. The molecule has 1 aliphatic rings. The fourth-order valence-corrected chi connectivity index (χ4v) is 2.27. The van der Waals surface area contributed by atoms with E-state index in [1.807, 2.05) is 0 Å². The third kappa shape index (κ3) is 2.27. The Labute approximate surface area is 94.4 Å². The molecule has 1 aromatic rings. The summed E-state index contributed by atoms with van der Waals surface area (Å²) < 4.78 is 18.3. The van der Waals surface area contributed by atoms with Crippen LogP contribution in [0.5, 0.6) is 5.75 Å². The number of methoxy groups -OCH3 is 1. The highest BCUT2D eigenvalue weighted by Crippen LogP contribution is 2.29. The minimum atomic E-state index is -0.405. The monoisotopic (exact) mass is 225 g/mol. The van der Waals surface area contributed by atoms with E-state index < -0.39 is 5.82 Å². The van der Waals surface area contributed by atoms with Crippen molar-refractivity contribution in [2.24, 2.45) is 0 Å². The number of benzene rings is 1. The fraction of sp³-hybridized carbons (Fsp3) is 0.500. The van der Waals surface area contributed by atoms with Gasteiger partial charge in [0.2, 0.25) is 0 Å². The van der Waals surface area contributed by atoms with Crippen LogP contribution < -0.4 is 4.90 Å². The second kappa shape index (κ2) is 4.70. The quantitative estimate of drug-likeness (QED) is 0.855. The molecule has 1 N–H and O–H groups in total. The first-order valence-corrected chi connectivity index (χ1v) is 5.46. The number of anilines is 1. The SMILES string of the molecule is COCC1CCCN1c1cc(O)cc(F)c1. The van der Waals surface area contributed by atoms with Crippen LogP contribution in [0.4, 0.5) is 10.1 Å². The van der Waals surface area contributed by atoms with Gasteiger partial charge in [0, 0.05) is 31.5 Å². The number of rotatable bonds is 3. The summed E-state index contributed by atoms with van der Waals surface area (Å²) in [6.45, 7) is 1.52. The van der Waals surface area contributed by atoms with E-state index in [0.29, 0.717) is 6.61 Å². The Morgan fingerprint density at radius 2 is 2.31 bits per heavy atom. The van der Waals surface area contributed by atoms with Gasteiger partial charge in [0.1, 0.15) is 11.6 Å². The van der Waals surface area contributed by atoms with Crippen LogP contribution in [0.3, 0.4) is 0 Å². The van der Waals surface area contributed by atoms with Crippen molar-refractivity contribution >= 4 is 5.69 Å². The molecule has 1 heterocycles. The lowest BCUT2D eigenvalue weighted by molar-refractivity contribution is 0.181. The number of phenols is 1. The van der Waals surface area contributed by atoms with Gasteiger partial charge in [-0.15, -0.1) is 0 Å². The largest absolute Gasteiger partial charge is 0.508 e. The number of hydrogen-bond donors (Lipinski definition) is 1. The van der Waals surface area contributed by atoms with Gasteiger partial charge in [-0.2, -0.15) is 0 Å². The zero-order valence-electron chi connectivity index (χ0n) is 9.32. The van der Waals surface area contributed by atoms with E-state index in [2.05, 4.69) is 4.90 Å². The topological polar surface area (TPSA) is 32.7 Å². The van der Waals surface area contributed by atoms with E-state index in [0.717, 1.165) is 31.1 Å². The van der Waals surface area contributed by atoms with E-state index in [9.17, 15) is 9.50 Å². The van der Waals surface area contributed by atoms with Gasteiger partial charge in [0.15, 0.2) is 0 Å². The highest BCUT2D eigenvalue weighted by atomic mass is 19.1. The lowest BCUT2D eigenvalue weighted by Gasteiger charge is -2.26. The third-order valence-corrected chi connectivity index (χ3v) is 2.94. The Kier molecular flexibility index (Phi) is 3.29. The maximum absolute atomic E-state index is 13.2. The molecule has 2 rings (SSSR count). The van der Waals surface area contributed by atoms with Crippen molar-refractivity contribution in [2.75, 3.05) is 25.2 Å². The molecule has 0 amide bonds. The molecule has 1 saturated heterocycles. The molecule has 16 heavy (non-hydrogen) atoms. The average Bonchev–Trinajstić information content (AvgIpc) is 2.65. The van der Waals surface area contributed by atoms with Gasteiger partial charge >= 0.3 is 0 Å². The fourth-order valence-electron chi connectivity index (χ4n) is 2.27. The van der Waals surface area contributed by atoms with Crippen LogP contribution >= 0.6 is 0 Å². The zero-order chi connectivity index (χ0) is 11.5. The third-order valence-electron chi connectivity index (χ3n) is 2.94. The molecule has 4 heteroatoms. The maximum Gasteiger partial charge on any atom is 0.128 e. The van der Waals surface area contributed by atoms with E-state index in [4.69, 9.17) is 4.74 Å². The van der Waals surface area contributed by atoms with E-state index >= 15 is 0 Å². The average molecular weight is 225 g/mol. The molecular weight excluding hydrogens is 209 g/mol. The lowest BCUT2D eigenvalue weighted by Crippen LogP contribution is -2.32. The number of hydrogen-bond acceptors (Lipinski definition) is 3. The molecule has 0 aliphatic carbocycles. The number of nitrogens with zero attached hydrogens (tertiary/aromatic N) is 1. The van der Waals surface area contributed by atoms with Gasteiger partial charge in [-0.25, -0.2) is 4.39 Å². The van der Waals surface area contributed by atoms with Crippen LogP contribution in [0.25, 0.3) is 0 Å². The minimum absolute atomic E-state index is 0.0296. The van der Waals surface area contributed by atoms with Crippen LogP contribution in [0.1, 0.15) is 12.8 Å². The van der Waals surface area contributed by atoms with Crippen molar-refractivity contribution in [1.82, 2.24) is 0 Å². The van der Waals surface area contributed by atoms with Gasteiger partial charge in [0.05, 0.1) is 12.6 Å². The van der Waals surface area contributed by atoms with Crippen molar-refractivity contribution in [2.45, 2.75) is 18.9 Å². The van der Waals surface area contributed by atoms with Gasteiger partial charge in [-0.1, -0.05) is 0 Å². The summed E-state index contributed by atoms with van der Waals surface area (Å²) >= 11 is 0. The molecule has 1 atom stereocenters. The maximum atomic E-state index is 13.2. The minimum Gasteiger partial charge on any atom is -0.508 e. The summed E-state index contributed by atoms with van der Waals surface area (Å²) in [5.41, 5.74) is 0.733. The van der Waals surface area contributed by atoms with Crippen LogP contribution in [0.15, 0.2) is 18.2 Å². The first-order valence-electron chi connectivity index (χ1n) is 5.46. The first kappa shape index (κ1) is 11.2. The van der Waals surface area contributed by atoms with Crippen LogP contribution in [-0.4, -0.2) is 31.4 Å². The lowest BCUT2D eigenvalue weighted by atomic mass is 10.2. The van der Waals surface area contributed by atoms with Crippen molar-refractivity contribution < 1.29 is 14.2 Å². The number of phenolic OH excluding ortho intramolecular Hbond substituents is 1. The Morgan fingerprint density at radius 1 is 1.50 bits per heavy atom. The van der Waals surface area contributed by atoms with Crippen molar-refractivity contribution in [3.05, 3.63) is 24.0 Å². The highest BCUT2D eigenvalue weighted by Gasteiger charge is 2.25. The smallest absolute Gasteiger partial charge is 0.128 e. The normalized spacial score (nSPS) is 20.4. The summed E-state index contributed by atoms with van der Waals surface area (Å²) in [5.74, 6) is -0.434. The number of aromatic hydroxyl groups is 1. The predicted molar refractivity (Wildman–Crippen MR) is 60.3 cm³/mol. The summed E-state index contributed by atoms with van der Waals surface area (Å²) in [5, 5.41) is 9.37. The van der Waals surface area contributed by atoms with Crippen LogP contribution in [0.2, 0.25) is 0 Å². The Bertz CT molecular complexity index is 350. The number of halogens is 1. The molecule has 1 unspecified atom stereocenters. The van der Waals surface area contributed by atoms with Crippen molar-refractivity contribution in [3.63, 3.8) is 0 Å². The summed E-state index contributed by atoms with van der Waals surface area (Å²) in [6.07, 6.45) is 2.12. The van der Waals surface area contributed by atoms with Crippen molar-refractivity contribution in [1.29, 1.82) is 0 Å². The molecule has 1 aromatic carbocycles. The van der Waals surface area contributed by atoms with E-state index in [1.165, 1.54) is 6.07 Å². The summed E-state index contributed by atoms with van der Waals surface area (Å²) in [4.78, 5) is 2.09. The van der Waals surface area contributed by atoms with Crippen LogP contribution in [0, 0.1) is 5.82 Å². The molecule has 1 fully saturated rings. The molecule has 0 bridgehead atoms. The van der Waals surface area contributed by atoms with Gasteiger partial charge in [-0.3, -0.25) is 0 Å². The van der Waals surface area contributed by atoms with E-state index in [1.54, 1.807) is 13.2 Å². The second-order valence-corrected chi connectivity index (χ2v) is 4.11. The molecule has 0 aromatic heterocycles. The summed E-state index contributed by atoms with van der Waals surface area (Å²) in [7, 11) is 1.67. The molecule has 0 saturated carbocycles. The van der Waals surface area contributed by atoms with Crippen LogP contribution in [-0.2, 0) is 4.74 Å². The molecule has 1 aliphatic heterocycles. The number of ether oxygens (including phenoxy) is 1. The first-order chi connectivity index (χ1) is 7.70. The Hall–Kier alpha value is -1.29. The van der Waals surface area contributed by atoms with Crippen molar-refractivity contribution in [3.8, 4) is 5.75 Å². The molecule has 3 nitrogen and oxygen atoms in total. The molecule has 0 radical (unpaired) electrons. The standard InChI is InChI=1S/C12H16FNO2/c1-16-8-10-3-2-4-14(10)11-5-9(13)6-12(15)7-11/h5-7,10,15H,2-4,8H2,1H3. The molecular formula is C12H16FNO2. The van der Waals surface area contributed by atoms with E-state index in [-0.39, 0.29) is 11.8 Å². The van der Waals surface area contributed by atoms with Gasteiger partial charge in [0.25, 0.3) is 0 Å². The van der Waals surface area contributed by atoms with Gasteiger partial charge < -0.3 is 14.7 Å². The zero-order valence-corrected chi connectivity index (χ0v) is 9.32. The Balaban J connectivity index is 2.21. The van der Waals surface area contributed by atoms with Gasteiger partial charge in [-0.05, 0) is 18.9 Å². The summed E-state index contributed by atoms with van der Waals surface area (Å²) in [6, 6.07) is 4.45.